The number of likely N-dealkylation sites (tertiary alicyclic amines) is 1. The molecule has 0 N–H and O–H groups in total. The van der Waals surface area contributed by atoms with E-state index in [0.29, 0.717) is 32.0 Å². The maximum Gasteiger partial charge on any atom is 0.328 e. The number of amides is 3. The molecule has 2 aromatic rings. The van der Waals surface area contributed by atoms with Crippen LogP contribution in [-0.2, 0) is 17.8 Å². The first-order chi connectivity index (χ1) is 15.5. The standard InChI is InChI=1S/C26H33N3O2S/c1-21(20-32-2)27-17-14-26(15-18-27)24(30)28(19-23-11-7-4-8-12-23)25(31)29(26)16-13-22-9-5-3-6-10-22/h3-12,21H,13-20H2,1-2H3/t21-/m0/s1. The second-order valence-corrected chi connectivity index (χ2v) is 9.83. The minimum atomic E-state index is -0.712. The van der Waals surface area contributed by atoms with Crippen molar-refractivity contribution in [3.8, 4) is 0 Å². The van der Waals surface area contributed by atoms with Crippen LogP contribution in [0.4, 0.5) is 4.79 Å². The summed E-state index contributed by atoms with van der Waals surface area (Å²) in [5.41, 5.74) is 1.46. The molecule has 3 amide bonds. The second-order valence-electron chi connectivity index (χ2n) is 8.92. The predicted molar refractivity (Wildman–Crippen MR) is 131 cm³/mol. The van der Waals surface area contributed by atoms with E-state index >= 15 is 0 Å². The van der Waals surface area contributed by atoms with Crippen LogP contribution in [0.2, 0.25) is 0 Å². The Hall–Kier alpha value is -2.31. The third kappa shape index (κ3) is 4.57. The van der Waals surface area contributed by atoms with Crippen LogP contribution < -0.4 is 0 Å². The average molecular weight is 452 g/mol. The van der Waals surface area contributed by atoms with Gasteiger partial charge in [0.2, 0.25) is 0 Å². The monoisotopic (exact) mass is 451 g/mol. The van der Waals surface area contributed by atoms with Gasteiger partial charge in [-0.2, -0.15) is 11.8 Å². The molecule has 6 heteroatoms. The number of carbonyl (C=O) groups is 2. The van der Waals surface area contributed by atoms with Crippen LogP contribution >= 0.6 is 11.8 Å². The van der Waals surface area contributed by atoms with E-state index in [1.165, 1.54) is 10.5 Å². The smallest absolute Gasteiger partial charge is 0.309 e. The van der Waals surface area contributed by atoms with Gasteiger partial charge >= 0.3 is 6.03 Å². The van der Waals surface area contributed by atoms with Crippen molar-refractivity contribution in [2.24, 2.45) is 0 Å². The summed E-state index contributed by atoms with van der Waals surface area (Å²) in [6.45, 7) is 4.86. The van der Waals surface area contributed by atoms with Crippen molar-refractivity contribution in [3.05, 3.63) is 71.8 Å². The lowest BCUT2D eigenvalue weighted by Gasteiger charge is -2.44. The fourth-order valence-corrected chi connectivity index (χ4v) is 5.74. The summed E-state index contributed by atoms with van der Waals surface area (Å²) in [5, 5.41) is 0. The molecule has 1 spiro atoms. The quantitative estimate of drug-likeness (QED) is 0.562. The minimum absolute atomic E-state index is 0.0171. The van der Waals surface area contributed by atoms with Gasteiger partial charge in [-0.05, 0) is 43.6 Å². The largest absolute Gasteiger partial charge is 0.328 e. The van der Waals surface area contributed by atoms with Gasteiger partial charge in [-0.15, -0.1) is 0 Å². The Morgan fingerprint density at radius 2 is 1.53 bits per heavy atom. The molecule has 4 rings (SSSR count). The first-order valence-electron chi connectivity index (χ1n) is 11.5. The third-order valence-corrected chi connectivity index (χ3v) is 7.74. The molecule has 0 radical (unpaired) electrons. The Morgan fingerprint density at radius 1 is 0.938 bits per heavy atom. The van der Waals surface area contributed by atoms with Crippen LogP contribution in [-0.4, -0.2) is 69.9 Å². The maximum absolute atomic E-state index is 13.8. The van der Waals surface area contributed by atoms with Crippen molar-refractivity contribution in [1.29, 1.82) is 0 Å². The molecular formula is C26H33N3O2S. The van der Waals surface area contributed by atoms with Gasteiger partial charge in [0.25, 0.3) is 5.91 Å². The van der Waals surface area contributed by atoms with E-state index in [2.05, 4.69) is 30.2 Å². The fourth-order valence-electron chi connectivity index (χ4n) is 5.05. The molecule has 5 nitrogen and oxygen atoms in total. The molecule has 0 aromatic heterocycles. The Kier molecular flexibility index (Phi) is 7.21. The molecule has 2 aliphatic heterocycles. The summed E-state index contributed by atoms with van der Waals surface area (Å²) in [6, 6.07) is 20.4. The molecule has 170 valence electrons. The van der Waals surface area contributed by atoms with E-state index < -0.39 is 5.54 Å². The van der Waals surface area contributed by atoms with E-state index in [-0.39, 0.29) is 11.9 Å². The number of carbonyl (C=O) groups excluding carboxylic acids is 2. The predicted octanol–water partition coefficient (Wildman–Crippen LogP) is 4.28. The Labute approximate surface area is 195 Å². The van der Waals surface area contributed by atoms with Crippen molar-refractivity contribution >= 4 is 23.7 Å². The van der Waals surface area contributed by atoms with Crippen molar-refractivity contribution in [2.75, 3.05) is 31.6 Å². The fraction of sp³-hybridized carbons (Fsp3) is 0.462. The normalized spacial score (nSPS) is 19.7. The van der Waals surface area contributed by atoms with Crippen molar-refractivity contribution in [3.63, 3.8) is 0 Å². The summed E-state index contributed by atoms with van der Waals surface area (Å²) in [7, 11) is 0. The number of urea groups is 1. The summed E-state index contributed by atoms with van der Waals surface area (Å²) >= 11 is 1.85. The first kappa shape index (κ1) is 22.9. The molecule has 2 heterocycles. The molecule has 0 aliphatic carbocycles. The molecule has 2 saturated heterocycles. The number of hydrogen-bond donors (Lipinski definition) is 0. The molecule has 2 aromatic carbocycles. The molecule has 0 unspecified atom stereocenters. The Bertz CT molecular complexity index is 913. The summed E-state index contributed by atoms with van der Waals surface area (Å²) < 4.78 is 0. The number of rotatable bonds is 8. The number of imide groups is 1. The maximum atomic E-state index is 13.8. The molecule has 2 aliphatic rings. The van der Waals surface area contributed by atoms with E-state index in [0.717, 1.165) is 30.8 Å². The van der Waals surface area contributed by atoms with Gasteiger partial charge in [0.1, 0.15) is 5.54 Å². The second kappa shape index (κ2) is 10.1. The van der Waals surface area contributed by atoms with Gasteiger partial charge in [-0.1, -0.05) is 60.7 Å². The number of piperidine rings is 1. The molecule has 1 atom stereocenters. The van der Waals surface area contributed by atoms with Gasteiger partial charge in [0, 0.05) is 31.4 Å². The molecule has 0 bridgehead atoms. The van der Waals surface area contributed by atoms with Crippen LogP contribution in [0.1, 0.15) is 30.9 Å². The molecule has 0 saturated carbocycles. The molecule has 2 fully saturated rings. The highest BCUT2D eigenvalue weighted by molar-refractivity contribution is 7.98. The van der Waals surface area contributed by atoms with Gasteiger partial charge in [-0.25, -0.2) is 4.79 Å². The minimum Gasteiger partial charge on any atom is -0.309 e. The van der Waals surface area contributed by atoms with E-state index in [1.807, 2.05) is 65.2 Å². The first-order valence-corrected chi connectivity index (χ1v) is 12.9. The van der Waals surface area contributed by atoms with Crippen LogP contribution in [0, 0.1) is 0 Å². The highest BCUT2D eigenvalue weighted by Gasteiger charge is 2.57. The summed E-state index contributed by atoms with van der Waals surface area (Å²) in [4.78, 5) is 33.2. The van der Waals surface area contributed by atoms with Crippen molar-refractivity contribution in [1.82, 2.24) is 14.7 Å². The SMILES string of the molecule is CSC[C@H](C)N1CCC2(CC1)C(=O)N(Cc1ccccc1)C(=O)N2CCc1ccccc1. The van der Waals surface area contributed by atoms with E-state index in [9.17, 15) is 9.59 Å². The van der Waals surface area contributed by atoms with Crippen LogP contribution in [0.3, 0.4) is 0 Å². The van der Waals surface area contributed by atoms with Crippen molar-refractivity contribution < 1.29 is 9.59 Å². The average Bonchev–Trinajstić information content (AvgIpc) is 3.01. The van der Waals surface area contributed by atoms with Crippen LogP contribution in [0.15, 0.2) is 60.7 Å². The van der Waals surface area contributed by atoms with E-state index in [4.69, 9.17) is 0 Å². The third-order valence-electron chi connectivity index (χ3n) is 6.93. The van der Waals surface area contributed by atoms with Gasteiger partial charge in [0.15, 0.2) is 0 Å². The molecular weight excluding hydrogens is 418 g/mol. The zero-order valence-electron chi connectivity index (χ0n) is 19.1. The van der Waals surface area contributed by atoms with Crippen molar-refractivity contribution in [2.45, 2.75) is 44.3 Å². The van der Waals surface area contributed by atoms with Crippen LogP contribution in [0.25, 0.3) is 0 Å². The highest BCUT2D eigenvalue weighted by Crippen LogP contribution is 2.38. The lowest BCUT2D eigenvalue weighted by Crippen LogP contribution is -2.58. The summed E-state index contributed by atoms with van der Waals surface area (Å²) in [5.74, 6) is 1.06. The van der Waals surface area contributed by atoms with Gasteiger partial charge in [0.05, 0.1) is 6.54 Å². The molecule has 32 heavy (non-hydrogen) atoms. The Morgan fingerprint density at radius 3 is 2.12 bits per heavy atom. The lowest BCUT2D eigenvalue weighted by molar-refractivity contribution is -0.136. The van der Waals surface area contributed by atoms with E-state index in [1.54, 1.807) is 0 Å². The highest BCUT2D eigenvalue weighted by atomic mass is 32.2. The zero-order valence-corrected chi connectivity index (χ0v) is 19.9. The Balaban J connectivity index is 1.56. The van der Waals surface area contributed by atoms with Gasteiger partial charge in [-0.3, -0.25) is 14.6 Å². The summed E-state index contributed by atoms with van der Waals surface area (Å²) in [6.07, 6.45) is 4.30. The van der Waals surface area contributed by atoms with Gasteiger partial charge < -0.3 is 4.90 Å². The zero-order chi connectivity index (χ0) is 22.6. The number of benzene rings is 2. The number of hydrogen-bond acceptors (Lipinski definition) is 4. The van der Waals surface area contributed by atoms with Crippen LogP contribution in [0.5, 0.6) is 0 Å². The number of nitrogens with zero attached hydrogens (tertiary/aromatic N) is 3. The topological polar surface area (TPSA) is 43.9 Å². The lowest BCUT2D eigenvalue weighted by atomic mass is 9.85. The number of thioether (sulfide) groups is 1.